The first-order valence-electron chi connectivity index (χ1n) is 7.49. The average molecular weight is 285 g/mol. The van der Waals surface area contributed by atoms with Crippen LogP contribution in [-0.4, -0.2) is 53.8 Å². The summed E-state index contributed by atoms with van der Waals surface area (Å²) < 4.78 is -0.507. The van der Waals surface area contributed by atoms with Gasteiger partial charge in [-0.3, -0.25) is 9.69 Å². The van der Waals surface area contributed by atoms with Crippen molar-refractivity contribution in [1.29, 1.82) is 0 Å². The number of hydrogen-bond acceptors (Lipinski definition) is 4. The van der Waals surface area contributed by atoms with Crippen molar-refractivity contribution >= 4 is 18.5 Å². The van der Waals surface area contributed by atoms with Crippen LogP contribution < -0.4 is 10.6 Å². The maximum absolute atomic E-state index is 12.3. The second-order valence-corrected chi connectivity index (χ2v) is 7.07. The largest absolute Gasteiger partial charge is 0.353 e. The summed E-state index contributed by atoms with van der Waals surface area (Å²) in [5, 5.41) is 6.42. The molecule has 0 aromatic rings. The zero-order chi connectivity index (χ0) is 13.9. The first kappa shape index (κ1) is 15.1. The van der Waals surface area contributed by atoms with Gasteiger partial charge in [-0.2, -0.15) is 12.6 Å². The predicted molar refractivity (Wildman–Crippen MR) is 81.7 cm³/mol. The number of nitrogens with zero attached hydrogens (tertiary/aromatic N) is 1. The van der Waals surface area contributed by atoms with Crippen LogP contribution in [0.25, 0.3) is 0 Å². The zero-order valence-electron chi connectivity index (χ0n) is 12.1. The highest BCUT2D eigenvalue weighted by Crippen LogP contribution is 2.30. The SMILES string of the molecule is CC(C)NC(=O)C1(S)CCCN(C2CCNCC2)C1. The van der Waals surface area contributed by atoms with Crippen LogP contribution in [0.4, 0.5) is 0 Å². The van der Waals surface area contributed by atoms with Crippen LogP contribution in [0.2, 0.25) is 0 Å². The Labute approximate surface area is 122 Å². The minimum absolute atomic E-state index is 0.101. The Morgan fingerprint density at radius 2 is 2.11 bits per heavy atom. The van der Waals surface area contributed by atoms with Crippen molar-refractivity contribution in [2.24, 2.45) is 0 Å². The van der Waals surface area contributed by atoms with Gasteiger partial charge in [-0.05, 0) is 59.2 Å². The summed E-state index contributed by atoms with van der Waals surface area (Å²) in [6, 6.07) is 0.811. The lowest BCUT2D eigenvalue weighted by atomic mass is 9.92. The topological polar surface area (TPSA) is 44.4 Å². The Balaban J connectivity index is 1.96. The number of carbonyl (C=O) groups is 1. The average Bonchev–Trinajstić information content (AvgIpc) is 2.39. The second kappa shape index (κ2) is 6.46. The molecule has 0 radical (unpaired) electrons. The van der Waals surface area contributed by atoms with E-state index in [1.165, 1.54) is 12.8 Å². The van der Waals surface area contributed by atoms with Crippen molar-refractivity contribution in [1.82, 2.24) is 15.5 Å². The smallest absolute Gasteiger partial charge is 0.237 e. The maximum atomic E-state index is 12.3. The summed E-state index contributed by atoms with van der Waals surface area (Å²) in [7, 11) is 0. The summed E-state index contributed by atoms with van der Waals surface area (Å²) in [4.78, 5) is 14.8. The standard InChI is InChI=1S/C14H27N3OS/c1-11(2)16-13(18)14(19)6-3-9-17(10-14)12-4-7-15-8-5-12/h11-12,15,19H,3-10H2,1-2H3,(H,16,18). The highest BCUT2D eigenvalue weighted by molar-refractivity contribution is 7.82. The molecule has 1 unspecified atom stereocenters. The lowest BCUT2D eigenvalue weighted by Crippen LogP contribution is -2.58. The van der Waals surface area contributed by atoms with Gasteiger partial charge in [0.15, 0.2) is 0 Å². The van der Waals surface area contributed by atoms with Crippen LogP contribution in [0, 0.1) is 0 Å². The number of hydrogen-bond donors (Lipinski definition) is 3. The van der Waals surface area contributed by atoms with Crippen molar-refractivity contribution in [3.8, 4) is 0 Å². The number of thiol groups is 1. The van der Waals surface area contributed by atoms with E-state index in [1.54, 1.807) is 0 Å². The highest BCUT2D eigenvalue weighted by Gasteiger charge is 2.40. The Morgan fingerprint density at radius 3 is 2.74 bits per heavy atom. The van der Waals surface area contributed by atoms with Gasteiger partial charge in [0.05, 0.1) is 0 Å². The van der Waals surface area contributed by atoms with Crippen molar-refractivity contribution in [2.75, 3.05) is 26.2 Å². The quantitative estimate of drug-likeness (QED) is 0.679. The fourth-order valence-corrected chi connectivity index (χ4v) is 3.54. The minimum Gasteiger partial charge on any atom is -0.353 e. The van der Waals surface area contributed by atoms with Gasteiger partial charge < -0.3 is 10.6 Å². The molecule has 2 N–H and O–H groups in total. The molecule has 0 bridgehead atoms. The van der Waals surface area contributed by atoms with Crippen molar-refractivity contribution in [2.45, 2.75) is 56.4 Å². The molecule has 2 fully saturated rings. The molecule has 4 nitrogen and oxygen atoms in total. The second-order valence-electron chi connectivity index (χ2n) is 6.21. The van der Waals surface area contributed by atoms with Gasteiger partial charge in [0.25, 0.3) is 0 Å². The van der Waals surface area contributed by atoms with Gasteiger partial charge in [0.2, 0.25) is 5.91 Å². The first-order chi connectivity index (χ1) is 9.01. The third-order valence-electron chi connectivity index (χ3n) is 4.17. The lowest BCUT2D eigenvalue weighted by molar-refractivity contribution is -0.125. The molecule has 1 amide bonds. The van der Waals surface area contributed by atoms with Gasteiger partial charge in [-0.15, -0.1) is 0 Å². The molecule has 0 aromatic carbocycles. The molecule has 5 heteroatoms. The molecule has 2 heterocycles. The van der Waals surface area contributed by atoms with E-state index in [0.29, 0.717) is 6.04 Å². The van der Waals surface area contributed by atoms with E-state index in [2.05, 4.69) is 15.5 Å². The summed E-state index contributed by atoms with van der Waals surface area (Å²) >= 11 is 4.73. The molecule has 2 aliphatic heterocycles. The lowest BCUT2D eigenvalue weighted by Gasteiger charge is -2.43. The van der Waals surface area contributed by atoms with Gasteiger partial charge in [0, 0.05) is 18.6 Å². The summed E-state index contributed by atoms with van der Waals surface area (Å²) in [6.45, 7) is 8.10. The molecule has 110 valence electrons. The number of piperidine rings is 2. The summed E-state index contributed by atoms with van der Waals surface area (Å²) in [5.74, 6) is 0.101. The molecule has 1 atom stereocenters. The van der Waals surface area contributed by atoms with E-state index in [1.807, 2.05) is 13.8 Å². The van der Waals surface area contributed by atoms with E-state index < -0.39 is 4.75 Å². The van der Waals surface area contributed by atoms with Gasteiger partial charge in [-0.25, -0.2) is 0 Å². The van der Waals surface area contributed by atoms with Gasteiger partial charge in [0.1, 0.15) is 4.75 Å². The molecule has 0 aromatic heterocycles. The van der Waals surface area contributed by atoms with E-state index in [0.717, 1.165) is 39.0 Å². The van der Waals surface area contributed by atoms with Crippen LogP contribution in [0.15, 0.2) is 0 Å². The minimum atomic E-state index is -0.507. The van der Waals surface area contributed by atoms with Gasteiger partial charge in [-0.1, -0.05) is 0 Å². The Morgan fingerprint density at radius 1 is 1.42 bits per heavy atom. The normalized spacial score (nSPS) is 30.5. The van der Waals surface area contributed by atoms with Crippen LogP contribution >= 0.6 is 12.6 Å². The Hall–Kier alpha value is -0.260. The zero-order valence-corrected chi connectivity index (χ0v) is 13.0. The van der Waals surface area contributed by atoms with Crippen molar-refractivity contribution in [3.05, 3.63) is 0 Å². The van der Waals surface area contributed by atoms with Crippen LogP contribution in [0.5, 0.6) is 0 Å². The van der Waals surface area contributed by atoms with Gasteiger partial charge >= 0.3 is 0 Å². The number of likely N-dealkylation sites (tertiary alicyclic amines) is 1. The highest BCUT2D eigenvalue weighted by atomic mass is 32.1. The molecule has 2 aliphatic rings. The first-order valence-corrected chi connectivity index (χ1v) is 7.94. The number of rotatable bonds is 3. The molecule has 0 saturated carbocycles. The van der Waals surface area contributed by atoms with Crippen LogP contribution in [0.1, 0.15) is 39.5 Å². The number of carbonyl (C=O) groups excluding carboxylic acids is 1. The molecule has 19 heavy (non-hydrogen) atoms. The fraction of sp³-hybridized carbons (Fsp3) is 0.929. The number of nitrogens with one attached hydrogen (secondary N) is 2. The monoisotopic (exact) mass is 285 g/mol. The summed E-state index contributed by atoms with van der Waals surface area (Å²) in [6.07, 6.45) is 4.33. The van der Waals surface area contributed by atoms with Crippen LogP contribution in [-0.2, 0) is 4.79 Å². The van der Waals surface area contributed by atoms with E-state index in [-0.39, 0.29) is 11.9 Å². The van der Waals surface area contributed by atoms with Crippen molar-refractivity contribution < 1.29 is 4.79 Å². The molecular weight excluding hydrogens is 258 g/mol. The Kier molecular flexibility index (Phi) is 5.15. The summed E-state index contributed by atoms with van der Waals surface area (Å²) in [5.41, 5.74) is 0. The molecule has 2 saturated heterocycles. The third kappa shape index (κ3) is 3.86. The Bertz CT molecular complexity index is 318. The van der Waals surface area contributed by atoms with E-state index >= 15 is 0 Å². The van der Waals surface area contributed by atoms with Crippen LogP contribution in [0.3, 0.4) is 0 Å². The van der Waals surface area contributed by atoms with Crippen molar-refractivity contribution in [3.63, 3.8) is 0 Å². The molecule has 2 rings (SSSR count). The third-order valence-corrected chi connectivity index (χ3v) is 4.74. The molecule has 0 aliphatic carbocycles. The fourth-order valence-electron chi connectivity index (χ4n) is 3.13. The predicted octanol–water partition coefficient (Wildman–Crippen LogP) is 1.03. The maximum Gasteiger partial charge on any atom is 0.237 e. The van der Waals surface area contributed by atoms with E-state index in [9.17, 15) is 4.79 Å². The van der Waals surface area contributed by atoms with E-state index in [4.69, 9.17) is 12.6 Å². The number of amides is 1. The molecular formula is C14H27N3OS. The molecule has 0 spiro atoms.